The van der Waals surface area contributed by atoms with Crippen molar-refractivity contribution in [2.45, 2.75) is 264 Å². The Morgan fingerprint density at radius 3 is 1.00 bits per heavy atom. The summed E-state index contributed by atoms with van der Waals surface area (Å²) in [5.41, 5.74) is 0. The van der Waals surface area contributed by atoms with E-state index in [9.17, 15) is 14.4 Å². The summed E-state index contributed by atoms with van der Waals surface area (Å²) in [6.45, 7) is 6.47. The Labute approximate surface area is 395 Å². The maximum absolute atomic E-state index is 12.8. The number of rotatable bonds is 48. The van der Waals surface area contributed by atoms with Gasteiger partial charge in [-0.05, 0) is 83.5 Å². The Balaban J connectivity index is 4.34. The first-order chi connectivity index (χ1) is 31.5. The molecule has 0 rings (SSSR count). The number of carbonyl (C=O) groups excluding carboxylic acids is 3. The molecule has 0 aromatic rings. The van der Waals surface area contributed by atoms with Crippen molar-refractivity contribution in [3.8, 4) is 0 Å². The highest BCUT2D eigenvalue weighted by Gasteiger charge is 2.19. The standard InChI is InChI=1S/C58H100O6/c1-4-7-10-13-16-19-22-24-26-27-28-29-30-31-32-34-36-39-42-45-48-51-57(60)63-54-55(53-62-56(59)50-47-44-41-38-35-21-18-15-12-9-6-3)64-58(61)52-49-46-43-40-37-33-25-23-20-17-14-11-8-5-2/h7,10,14,16-17,19,23-26,28-29,55H,4-6,8-9,11-13,15,18,20-22,27,30-54H2,1-3H3/b10-7-,17-14-,19-16-,25-23-,26-24-,29-28-. The molecule has 0 fully saturated rings. The summed E-state index contributed by atoms with van der Waals surface area (Å²) in [4.78, 5) is 38.0. The molecule has 0 saturated carbocycles. The van der Waals surface area contributed by atoms with Crippen molar-refractivity contribution in [3.63, 3.8) is 0 Å². The molecule has 64 heavy (non-hydrogen) atoms. The van der Waals surface area contributed by atoms with Crippen LogP contribution in [0.1, 0.15) is 258 Å². The van der Waals surface area contributed by atoms with Gasteiger partial charge in [0.2, 0.25) is 0 Å². The fraction of sp³-hybridized carbons (Fsp3) is 0.741. The van der Waals surface area contributed by atoms with Gasteiger partial charge in [0, 0.05) is 19.3 Å². The molecule has 0 aromatic carbocycles. The van der Waals surface area contributed by atoms with E-state index < -0.39 is 6.10 Å². The Morgan fingerprint density at radius 2 is 0.625 bits per heavy atom. The average molecular weight is 893 g/mol. The van der Waals surface area contributed by atoms with E-state index in [1.165, 1.54) is 103 Å². The summed E-state index contributed by atoms with van der Waals surface area (Å²) >= 11 is 0. The molecular formula is C58H100O6. The monoisotopic (exact) mass is 893 g/mol. The minimum atomic E-state index is -0.783. The maximum Gasteiger partial charge on any atom is 0.306 e. The lowest BCUT2D eigenvalue weighted by Gasteiger charge is -2.18. The van der Waals surface area contributed by atoms with Crippen molar-refractivity contribution in [2.24, 2.45) is 0 Å². The van der Waals surface area contributed by atoms with Crippen LogP contribution in [0.2, 0.25) is 0 Å². The first-order valence-electron chi connectivity index (χ1n) is 26.9. The number of carbonyl (C=O) groups is 3. The van der Waals surface area contributed by atoms with Crippen molar-refractivity contribution in [3.05, 3.63) is 72.9 Å². The maximum atomic E-state index is 12.8. The Bertz CT molecular complexity index is 1210. The molecule has 0 aliphatic heterocycles. The van der Waals surface area contributed by atoms with Gasteiger partial charge in [0.15, 0.2) is 6.10 Å². The molecule has 0 radical (unpaired) electrons. The average Bonchev–Trinajstić information content (AvgIpc) is 3.29. The van der Waals surface area contributed by atoms with E-state index in [2.05, 4.69) is 93.7 Å². The predicted molar refractivity (Wildman–Crippen MR) is 274 cm³/mol. The number of hydrogen-bond acceptors (Lipinski definition) is 6. The molecule has 6 heteroatoms. The minimum Gasteiger partial charge on any atom is -0.462 e. The lowest BCUT2D eigenvalue weighted by Crippen LogP contribution is -2.30. The molecule has 0 amide bonds. The lowest BCUT2D eigenvalue weighted by atomic mass is 10.1. The summed E-state index contributed by atoms with van der Waals surface area (Å²) in [5, 5.41) is 0. The van der Waals surface area contributed by atoms with Crippen LogP contribution in [0.15, 0.2) is 72.9 Å². The molecule has 0 spiro atoms. The molecule has 0 heterocycles. The number of hydrogen-bond donors (Lipinski definition) is 0. The number of ether oxygens (including phenoxy) is 3. The van der Waals surface area contributed by atoms with Crippen LogP contribution in [0.5, 0.6) is 0 Å². The molecule has 6 nitrogen and oxygen atoms in total. The third-order valence-corrected chi connectivity index (χ3v) is 11.4. The van der Waals surface area contributed by atoms with Gasteiger partial charge in [0.1, 0.15) is 13.2 Å². The highest BCUT2D eigenvalue weighted by Crippen LogP contribution is 2.15. The van der Waals surface area contributed by atoms with Crippen LogP contribution in [0.4, 0.5) is 0 Å². The van der Waals surface area contributed by atoms with E-state index >= 15 is 0 Å². The van der Waals surface area contributed by atoms with Crippen molar-refractivity contribution in [2.75, 3.05) is 13.2 Å². The van der Waals surface area contributed by atoms with E-state index in [0.29, 0.717) is 19.3 Å². The van der Waals surface area contributed by atoms with Crippen molar-refractivity contribution in [1.29, 1.82) is 0 Å². The summed E-state index contributed by atoms with van der Waals surface area (Å²) in [6, 6.07) is 0. The summed E-state index contributed by atoms with van der Waals surface area (Å²) in [6.07, 6.45) is 66.0. The van der Waals surface area contributed by atoms with Gasteiger partial charge in [-0.25, -0.2) is 0 Å². The van der Waals surface area contributed by atoms with Crippen LogP contribution in [0, 0.1) is 0 Å². The zero-order valence-corrected chi connectivity index (χ0v) is 42.0. The Hall–Kier alpha value is -3.15. The minimum absolute atomic E-state index is 0.0820. The van der Waals surface area contributed by atoms with Gasteiger partial charge in [-0.15, -0.1) is 0 Å². The summed E-state index contributed by atoms with van der Waals surface area (Å²) < 4.78 is 16.8. The number of esters is 3. The second kappa shape index (κ2) is 52.5. The third-order valence-electron chi connectivity index (χ3n) is 11.4. The zero-order valence-electron chi connectivity index (χ0n) is 42.0. The van der Waals surface area contributed by atoms with Gasteiger partial charge in [-0.1, -0.05) is 229 Å². The second-order valence-corrected chi connectivity index (χ2v) is 17.8. The van der Waals surface area contributed by atoms with Crippen molar-refractivity contribution < 1.29 is 28.6 Å². The van der Waals surface area contributed by atoms with Crippen LogP contribution in [0.25, 0.3) is 0 Å². The molecule has 1 atom stereocenters. The normalized spacial score (nSPS) is 12.6. The zero-order chi connectivity index (χ0) is 46.5. The van der Waals surface area contributed by atoms with Gasteiger partial charge < -0.3 is 14.2 Å². The lowest BCUT2D eigenvalue weighted by molar-refractivity contribution is -0.167. The van der Waals surface area contributed by atoms with E-state index in [1.807, 2.05) is 0 Å². The van der Waals surface area contributed by atoms with Gasteiger partial charge in [0.05, 0.1) is 0 Å². The Kier molecular flexibility index (Phi) is 49.9. The van der Waals surface area contributed by atoms with E-state index in [4.69, 9.17) is 14.2 Å². The first-order valence-corrected chi connectivity index (χ1v) is 26.9. The molecule has 0 aromatic heterocycles. The fourth-order valence-corrected chi connectivity index (χ4v) is 7.39. The van der Waals surface area contributed by atoms with Crippen LogP contribution >= 0.6 is 0 Å². The van der Waals surface area contributed by atoms with Crippen LogP contribution < -0.4 is 0 Å². The van der Waals surface area contributed by atoms with Crippen LogP contribution in [-0.4, -0.2) is 37.2 Å². The first kappa shape index (κ1) is 60.9. The SMILES string of the molecule is CC/C=C\C/C=C\C/C=C\C/C=C\CCCCCCCCCCC(=O)OCC(COC(=O)CCCCCCCCCCCCC)OC(=O)CCCCCCC/C=C\C/C=C\CCCC. The van der Waals surface area contributed by atoms with Crippen molar-refractivity contribution >= 4 is 17.9 Å². The van der Waals surface area contributed by atoms with Gasteiger partial charge in [-0.3, -0.25) is 14.4 Å². The molecule has 0 N–H and O–H groups in total. The highest BCUT2D eigenvalue weighted by atomic mass is 16.6. The largest absolute Gasteiger partial charge is 0.462 e. The van der Waals surface area contributed by atoms with Crippen LogP contribution in [0.3, 0.4) is 0 Å². The summed E-state index contributed by atoms with van der Waals surface area (Å²) in [7, 11) is 0. The third kappa shape index (κ3) is 49.9. The molecule has 1 unspecified atom stereocenters. The number of allylic oxidation sites excluding steroid dienone is 12. The summed E-state index contributed by atoms with van der Waals surface area (Å²) in [5.74, 6) is -0.901. The van der Waals surface area contributed by atoms with Crippen LogP contribution in [-0.2, 0) is 28.6 Å². The molecule has 368 valence electrons. The molecule has 0 aliphatic carbocycles. The smallest absolute Gasteiger partial charge is 0.306 e. The van der Waals surface area contributed by atoms with E-state index in [-0.39, 0.29) is 31.1 Å². The van der Waals surface area contributed by atoms with Gasteiger partial charge in [0.25, 0.3) is 0 Å². The molecule has 0 aliphatic rings. The quantitative estimate of drug-likeness (QED) is 0.0262. The van der Waals surface area contributed by atoms with Gasteiger partial charge >= 0.3 is 17.9 Å². The Morgan fingerprint density at radius 1 is 0.328 bits per heavy atom. The predicted octanol–water partition coefficient (Wildman–Crippen LogP) is 17.8. The molecular weight excluding hydrogens is 793 g/mol. The number of unbranched alkanes of at least 4 members (excludes halogenated alkanes) is 25. The van der Waals surface area contributed by atoms with E-state index in [0.717, 1.165) is 116 Å². The second-order valence-electron chi connectivity index (χ2n) is 17.8. The van der Waals surface area contributed by atoms with Gasteiger partial charge in [-0.2, -0.15) is 0 Å². The highest BCUT2D eigenvalue weighted by molar-refractivity contribution is 5.71. The topological polar surface area (TPSA) is 78.9 Å². The van der Waals surface area contributed by atoms with Crippen molar-refractivity contribution in [1.82, 2.24) is 0 Å². The molecule has 0 saturated heterocycles. The fourth-order valence-electron chi connectivity index (χ4n) is 7.39. The molecule has 0 bridgehead atoms. The van der Waals surface area contributed by atoms with E-state index in [1.54, 1.807) is 0 Å².